The van der Waals surface area contributed by atoms with Gasteiger partial charge < -0.3 is 4.74 Å². The number of pyridine rings is 1. The zero-order chi connectivity index (χ0) is 20.2. The number of nitrogens with zero attached hydrogens (tertiary/aromatic N) is 1. The van der Waals surface area contributed by atoms with E-state index in [-0.39, 0.29) is 30.2 Å². The predicted octanol–water partition coefficient (Wildman–Crippen LogP) is 4.80. The molecule has 0 unspecified atom stereocenters. The Hall–Kier alpha value is -2.56. The van der Waals surface area contributed by atoms with Crippen molar-refractivity contribution < 1.29 is 19.1 Å². The van der Waals surface area contributed by atoms with Gasteiger partial charge in [-0.1, -0.05) is 25.8 Å². The average molecular weight is 371 g/mol. The smallest absolute Gasteiger partial charge is 0.340 e. The summed E-state index contributed by atoms with van der Waals surface area (Å²) in [5, 5.41) is 0. The summed E-state index contributed by atoms with van der Waals surface area (Å²) in [6.45, 7) is 7.35. The highest BCUT2D eigenvalue weighted by Gasteiger charge is 2.16. The number of allylic oxidation sites excluding steroid dienone is 2. The van der Waals surface area contributed by atoms with Gasteiger partial charge in [0.25, 0.3) is 0 Å². The molecule has 5 nitrogen and oxygen atoms in total. The Morgan fingerprint density at radius 2 is 1.93 bits per heavy atom. The van der Waals surface area contributed by atoms with Crippen molar-refractivity contribution in [2.75, 3.05) is 6.61 Å². The molecule has 0 aliphatic carbocycles. The van der Waals surface area contributed by atoms with Gasteiger partial charge >= 0.3 is 5.97 Å². The van der Waals surface area contributed by atoms with Gasteiger partial charge in [0.2, 0.25) is 0 Å². The lowest BCUT2D eigenvalue weighted by atomic mass is 9.98. The molecular formula is C22H29NO4. The zero-order valence-electron chi connectivity index (χ0n) is 16.7. The van der Waals surface area contributed by atoms with Crippen LogP contribution in [0.3, 0.4) is 0 Å². The molecule has 0 N–H and O–H groups in total. The number of aromatic nitrogens is 1. The second-order valence-electron chi connectivity index (χ2n) is 6.32. The third-order valence-electron chi connectivity index (χ3n) is 4.02. The molecule has 1 rings (SSSR count). The highest BCUT2D eigenvalue weighted by molar-refractivity contribution is 6.04. The topological polar surface area (TPSA) is 73.3 Å². The number of rotatable bonds is 11. The minimum absolute atomic E-state index is 0.0327. The summed E-state index contributed by atoms with van der Waals surface area (Å²) >= 11 is 0. The number of hydrogen-bond donors (Lipinski definition) is 0. The van der Waals surface area contributed by atoms with Crippen molar-refractivity contribution in [2.45, 2.75) is 59.8 Å². The zero-order valence-corrected chi connectivity index (χ0v) is 16.7. The van der Waals surface area contributed by atoms with Crippen LogP contribution in [0.1, 0.15) is 81.4 Å². The highest BCUT2D eigenvalue weighted by atomic mass is 16.5. The fourth-order valence-corrected chi connectivity index (χ4v) is 2.59. The van der Waals surface area contributed by atoms with E-state index in [0.29, 0.717) is 23.3 Å². The van der Waals surface area contributed by atoms with Crippen molar-refractivity contribution in [3.8, 4) is 0 Å². The Morgan fingerprint density at radius 3 is 2.52 bits per heavy atom. The quantitative estimate of drug-likeness (QED) is 0.317. The van der Waals surface area contributed by atoms with Crippen LogP contribution in [0.2, 0.25) is 0 Å². The summed E-state index contributed by atoms with van der Waals surface area (Å²) in [5.41, 5.74) is 1.86. The molecule has 0 saturated carbocycles. The Balaban J connectivity index is 3.22. The lowest BCUT2D eigenvalue weighted by Crippen LogP contribution is -2.09. The standard InChI is InChI=1S/C22H29NO4/c1-5-8-9-11-20(25)14-17(16(4)24)12-18-13-19(10-6-2)23-15-21(18)22(26)27-7-3/h6,10,12-13,15H,5,7-9,11,14H2,1-4H3/b10-6+,17-12+. The molecule has 1 aromatic heterocycles. The van der Waals surface area contributed by atoms with Crippen LogP contribution in [0, 0.1) is 0 Å². The van der Waals surface area contributed by atoms with E-state index in [1.54, 1.807) is 25.1 Å². The third-order valence-corrected chi connectivity index (χ3v) is 4.02. The van der Waals surface area contributed by atoms with Crippen molar-refractivity contribution in [1.29, 1.82) is 0 Å². The Labute approximate surface area is 161 Å². The molecule has 0 aromatic carbocycles. The SMILES string of the molecule is C/C=C/c1cc(/C=C(\CC(=O)CCCCC)C(C)=O)c(C(=O)OCC)cn1. The van der Waals surface area contributed by atoms with Crippen LogP contribution in [0.25, 0.3) is 12.2 Å². The number of unbranched alkanes of at least 4 members (excludes halogenated alkanes) is 2. The van der Waals surface area contributed by atoms with Gasteiger partial charge in [0.15, 0.2) is 5.78 Å². The van der Waals surface area contributed by atoms with Crippen molar-refractivity contribution in [3.63, 3.8) is 0 Å². The van der Waals surface area contributed by atoms with Crippen LogP contribution in [0.15, 0.2) is 23.9 Å². The molecule has 0 spiro atoms. The fourth-order valence-electron chi connectivity index (χ4n) is 2.59. The number of carbonyl (C=O) groups is 3. The van der Waals surface area contributed by atoms with Gasteiger partial charge in [0.1, 0.15) is 5.78 Å². The molecule has 0 bridgehead atoms. The van der Waals surface area contributed by atoms with Crippen molar-refractivity contribution >= 4 is 29.7 Å². The molecule has 146 valence electrons. The number of carbonyl (C=O) groups excluding carboxylic acids is 3. The van der Waals surface area contributed by atoms with E-state index in [9.17, 15) is 14.4 Å². The van der Waals surface area contributed by atoms with E-state index in [4.69, 9.17) is 4.74 Å². The van der Waals surface area contributed by atoms with Gasteiger partial charge in [-0.05, 0) is 51.0 Å². The Morgan fingerprint density at radius 1 is 1.19 bits per heavy atom. The monoisotopic (exact) mass is 371 g/mol. The van der Waals surface area contributed by atoms with Gasteiger partial charge in [0, 0.05) is 24.6 Å². The molecule has 0 aliphatic heterocycles. The molecule has 0 atom stereocenters. The first kappa shape index (κ1) is 22.5. The minimum Gasteiger partial charge on any atom is -0.462 e. The number of ketones is 2. The van der Waals surface area contributed by atoms with Crippen LogP contribution in [-0.2, 0) is 14.3 Å². The third kappa shape index (κ3) is 7.69. The maximum atomic E-state index is 12.2. The molecule has 0 aliphatic rings. The molecular weight excluding hydrogens is 342 g/mol. The van der Waals surface area contributed by atoms with Gasteiger partial charge in [-0.2, -0.15) is 0 Å². The summed E-state index contributed by atoms with van der Waals surface area (Å²) in [6.07, 6.45) is 10.1. The lowest BCUT2D eigenvalue weighted by Gasteiger charge is -2.09. The van der Waals surface area contributed by atoms with Gasteiger partial charge in [-0.25, -0.2) is 4.79 Å². The van der Waals surface area contributed by atoms with Gasteiger partial charge in [-0.3, -0.25) is 14.6 Å². The predicted molar refractivity (Wildman–Crippen MR) is 107 cm³/mol. The van der Waals surface area contributed by atoms with Gasteiger partial charge in [0.05, 0.1) is 17.9 Å². The second-order valence-corrected chi connectivity index (χ2v) is 6.32. The molecule has 0 radical (unpaired) electrons. The fraction of sp³-hybridized carbons (Fsp3) is 0.455. The number of esters is 1. The van der Waals surface area contributed by atoms with Crippen molar-refractivity contribution in [3.05, 3.63) is 40.7 Å². The summed E-state index contributed by atoms with van der Waals surface area (Å²) in [7, 11) is 0. The number of ether oxygens (including phenoxy) is 1. The summed E-state index contributed by atoms with van der Waals surface area (Å²) in [5.74, 6) is -0.649. The Kier molecular flexibility index (Phi) is 9.94. The lowest BCUT2D eigenvalue weighted by molar-refractivity contribution is -0.120. The van der Waals surface area contributed by atoms with E-state index in [1.165, 1.54) is 13.1 Å². The first-order chi connectivity index (χ1) is 12.9. The van der Waals surface area contributed by atoms with E-state index in [0.717, 1.165) is 19.3 Å². The van der Waals surface area contributed by atoms with E-state index >= 15 is 0 Å². The van der Waals surface area contributed by atoms with Crippen LogP contribution in [0.4, 0.5) is 0 Å². The summed E-state index contributed by atoms with van der Waals surface area (Å²) in [4.78, 5) is 40.7. The normalized spacial score (nSPS) is 11.6. The molecule has 1 aromatic rings. The summed E-state index contributed by atoms with van der Waals surface area (Å²) < 4.78 is 5.08. The summed E-state index contributed by atoms with van der Waals surface area (Å²) in [6, 6.07) is 1.72. The molecule has 5 heteroatoms. The minimum atomic E-state index is -0.500. The van der Waals surface area contributed by atoms with E-state index in [2.05, 4.69) is 11.9 Å². The van der Waals surface area contributed by atoms with Gasteiger partial charge in [-0.15, -0.1) is 0 Å². The van der Waals surface area contributed by atoms with Crippen molar-refractivity contribution in [2.24, 2.45) is 0 Å². The van der Waals surface area contributed by atoms with Crippen molar-refractivity contribution in [1.82, 2.24) is 4.98 Å². The number of Topliss-reactive ketones (excluding diaryl/α,β-unsaturated/α-hetero) is 2. The molecule has 0 amide bonds. The molecule has 0 saturated heterocycles. The van der Waals surface area contributed by atoms with Crippen LogP contribution >= 0.6 is 0 Å². The average Bonchev–Trinajstić information content (AvgIpc) is 2.62. The highest BCUT2D eigenvalue weighted by Crippen LogP contribution is 2.19. The van der Waals surface area contributed by atoms with E-state index in [1.807, 2.05) is 13.0 Å². The van der Waals surface area contributed by atoms with Crippen LogP contribution in [-0.4, -0.2) is 29.1 Å². The van der Waals surface area contributed by atoms with E-state index < -0.39 is 5.97 Å². The second kappa shape index (κ2) is 11.9. The molecule has 0 fully saturated rings. The Bertz CT molecular complexity index is 732. The largest absolute Gasteiger partial charge is 0.462 e. The molecule has 1 heterocycles. The first-order valence-corrected chi connectivity index (χ1v) is 9.45. The van der Waals surface area contributed by atoms with Crippen LogP contribution in [0.5, 0.6) is 0 Å². The molecule has 27 heavy (non-hydrogen) atoms. The first-order valence-electron chi connectivity index (χ1n) is 9.45. The number of hydrogen-bond acceptors (Lipinski definition) is 5. The maximum Gasteiger partial charge on any atom is 0.340 e. The van der Waals surface area contributed by atoms with Crippen LogP contribution < -0.4 is 0 Å². The maximum absolute atomic E-state index is 12.2.